The smallest absolute Gasteiger partial charge is 0.303 e. The predicted octanol–water partition coefficient (Wildman–Crippen LogP) is 3.88. The first kappa shape index (κ1) is 32.1. The molecule has 0 radical (unpaired) electrons. The van der Waals surface area contributed by atoms with E-state index in [-0.39, 0.29) is 24.0 Å². The van der Waals surface area contributed by atoms with Crippen LogP contribution in [0.5, 0.6) is 0 Å². The van der Waals surface area contributed by atoms with Crippen LogP contribution >= 0.6 is 0 Å². The summed E-state index contributed by atoms with van der Waals surface area (Å²) >= 11 is 0. The van der Waals surface area contributed by atoms with Crippen molar-refractivity contribution in [2.45, 2.75) is 65.1 Å². The van der Waals surface area contributed by atoms with E-state index in [4.69, 9.17) is 18.9 Å². The second-order valence-electron chi connectivity index (χ2n) is 11.1. The maximum absolute atomic E-state index is 12.2. The van der Waals surface area contributed by atoms with Crippen LogP contribution < -0.4 is 5.32 Å². The minimum atomic E-state index is -1.15. The SMILES string of the molecule is CC(=O)OC[C@H]1O[C@@H](n2cnc3c(NCC(c4cccc(C)c4)c4cccc(C)c4)nc(C#N)nc32)[C@H](OC(C)=O)[C@@H]1OC(C)=O. The molecule has 0 amide bonds. The Labute approximate surface area is 265 Å². The molecule has 238 valence electrons. The number of esters is 3. The van der Waals surface area contributed by atoms with Crippen LogP contribution in [0.25, 0.3) is 11.2 Å². The van der Waals surface area contributed by atoms with Gasteiger partial charge in [-0.1, -0.05) is 59.7 Å². The molecular formula is C33H34N6O7. The van der Waals surface area contributed by atoms with Crippen LogP contribution in [-0.4, -0.2) is 68.9 Å². The quantitative estimate of drug-likeness (QED) is 0.200. The summed E-state index contributed by atoms with van der Waals surface area (Å²) in [5, 5.41) is 13.2. The Hall–Kier alpha value is -5.35. The fourth-order valence-corrected chi connectivity index (χ4v) is 5.59. The maximum atomic E-state index is 12.2. The summed E-state index contributed by atoms with van der Waals surface area (Å²) in [7, 11) is 0. The molecule has 0 bridgehead atoms. The van der Waals surface area contributed by atoms with Crippen LogP contribution in [0.2, 0.25) is 0 Å². The number of imidazole rings is 1. The molecule has 1 N–H and O–H groups in total. The zero-order valence-electron chi connectivity index (χ0n) is 26.1. The zero-order valence-corrected chi connectivity index (χ0v) is 26.1. The van der Waals surface area contributed by atoms with E-state index < -0.39 is 42.4 Å². The first-order valence-corrected chi connectivity index (χ1v) is 14.7. The molecule has 0 unspecified atom stereocenters. The summed E-state index contributed by atoms with van der Waals surface area (Å²) in [6.07, 6.45) is -2.91. The number of nitrogens with zero attached hydrogens (tertiary/aromatic N) is 5. The molecule has 2 aromatic carbocycles. The molecule has 46 heavy (non-hydrogen) atoms. The number of carbonyl (C=O) groups is 3. The van der Waals surface area contributed by atoms with Gasteiger partial charge in [0.25, 0.3) is 0 Å². The van der Waals surface area contributed by atoms with Gasteiger partial charge in [-0.25, -0.2) is 4.98 Å². The summed E-state index contributed by atoms with van der Waals surface area (Å²) < 4.78 is 23.9. The summed E-state index contributed by atoms with van der Waals surface area (Å²) in [4.78, 5) is 49.1. The molecule has 0 spiro atoms. The lowest BCUT2D eigenvalue weighted by atomic mass is 9.89. The second-order valence-corrected chi connectivity index (χ2v) is 11.1. The number of carbonyl (C=O) groups excluding carboxylic acids is 3. The van der Waals surface area contributed by atoms with Crippen LogP contribution in [0.15, 0.2) is 54.9 Å². The Kier molecular flexibility index (Phi) is 9.58. The third kappa shape index (κ3) is 7.13. The van der Waals surface area contributed by atoms with Gasteiger partial charge >= 0.3 is 17.9 Å². The van der Waals surface area contributed by atoms with Crippen molar-refractivity contribution in [3.8, 4) is 6.07 Å². The highest BCUT2D eigenvalue weighted by Gasteiger charge is 2.51. The van der Waals surface area contributed by atoms with Crippen molar-refractivity contribution in [3.63, 3.8) is 0 Å². The summed E-state index contributed by atoms with van der Waals surface area (Å²) in [6, 6.07) is 18.5. The largest absolute Gasteiger partial charge is 0.463 e. The average Bonchev–Trinajstić information content (AvgIpc) is 3.56. The van der Waals surface area contributed by atoms with Crippen LogP contribution in [-0.2, 0) is 33.3 Å². The van der Waals surface area contributed by atoms with Crippen molar-refractivity contribution in [1.82, 2.24) is 19.5 Å². The highest BCUT2D eigenvalue weighted by molar-refractivity contribution is 5.83. The standard InChI is InChI=1S/C33H34N6O7/c1-18-8-6-10-23(12-18)25(24-11-7-9-19(2)13-24)15-35-31-28-32(38-27(14-34)37-31)39(17-36-28)33-30(45-22(5)42)29(44-21(4)41)26(46-33)16-43-20(3)40/h6-13,17,25-26,29-30,33H,15-16H2,1-5H3,(H,35,37,38)/t26-,29-,30-,33-/m1/s1. The van der Waals surface area contributed by atoms with Crippen molar-refractivity contribution in [3.05, 3.63) is 82.9 Å². The van der Waals surface area contributed by atoms with E-state index in [2.05, 4.69) is 44.5 Å². The molecule has 5 rings (SSSR count). The van der Waals surface area contributed by atoms with E-state index in [1.54, 1.807) is 0 Å². The number of fused-ring (bicyclic) bond motifs is 1. The van der Waals surface area contributed by atoms with E-state index in [0.29, 0.717) is 17.9 Å². The van der Waals surface area contributed by atoms with Crippen molar-refractivity contribution >= 4 is 34.9 Å². The molecule has 1 saturated heterocycles. The highest BCUT2D eigenvalue weighted by atomic mass is 16.7. The van der Waals surface area contributed by atoms with Gasteiger partial charge in [0.15, 0.2) is 35.4 Å². The number of hydrogen-bond acceptors (Lipinski definition) is 12. The van der Waals surface area contributed by atoms with E-state index in [9.17, 15) is 19.6 Å². The zero-order chi connectivity index (χ0) is 33.0. The predicted molar refractivity (Wildman–Crippen MR) is 164 cm³/mol. The average molecular weight is 627 g/mol. The van der Waals surface area contributed by atoms with Crippen molar-refractivity contribution in [1.29, 1.82) is 5.26 Å². The molecule has 4 atom stereocenters. The fourth-order valence-electron chi connectivity index (χ4n) is 5.59. The van der Waals surface area contributed by atoms with Crippen molar-refractivity contribution in [2.24, 2.45) is 0 Å². The first-order valence-electron chi connectivity index (χ1n) is 14.7. The fraction of sp³-hybridized carbons (Fsp3) is 0.364. The Balaban J connectivity index is 1.53. The summed E-state index contributed by atoms with van der Waals surface area (Å²) in [5.41, 5.74) is 5.02. The number of benzene rings is 2. The highest BCUT2D eigenvalue weighted by Crippen LogP contribution is 2.37. The van der Waals surface area contributed by atoms with Gasteiger partial charge in [0.2, 0.25) is 5.82 Å². The molecule has 0 saturated carbocycles. The molecule has 1 fully saturated rings. The van der Waals surface area contributed by atoms with Gasteiger partial charge in [-0.3, -0.25) is 19.0 Å². The Bertz CT molecular complexity index is 1770. The molecule has 1 aliphatic rings. The van der Waals surface area contributed by atoms with Gasteiger partial charge < -0.3 is 24.3 Å². The molecule has 0 aliphatic carbocycles. The monoisotopic (exact) mass is 626 g/mol. The lowest BCUT2D eigenvalue weighted by molar-refractivity contribution is -0.166. The van der Waals surface area contributed by atoms with Crippen molar-refractivity contribution in [2.75, 3.05) is 18.5 Å². The number of anilines is 1. The third-order valence-electron chi connectivity index (χ3n) is 7.50. The molecular weight excluding hydrogens is 592 g/mol. The third-order valence-corrected chi connectivity index (χ3v) is 7.50. The van der Waals surface area contributed by atoms with Crippen LogP contribution in [0.4, 0.5) is 5.82 Å². The molecule has 1 aliphatic heterocycles. The Morgan fingerprint density at radius 1 is 0.957 bits per heavy atom. The van der Waals surface area contributed by atoms with Gasteiger partial charge in [-0.2, -0.15) is 15.2 Å². The normalized spacial score (nSPS) is 19.1. The summed E-state index contributed by atoms with van der Waals surface area (Å²) in [5.74, 6) is -1.73. The van der Waals surface area contributed by atoms with E-state index in [0.717, 1.165) is 22.3 Å². The minimum Gasteiger partial charge on any atom is -0.463 e. The van der Waals surface area contributed by atoms with Crippen LogP contribution in [0.1, 0.15) is 61.0 Å². The molecule has 3 heterocycles. The van der Waals surface area contributed by atoms with Gasteiger partial charge in [-0.15, -0.1) is 0 Å². The number of aryl methyl sites for hydroxylation is 2. The first-order chi connectivity index (χ1) is 22.0. The van der Waals surface area contributed by atoms with E-state index in [1.807, 2.05) is 44.2 Å². The number of hydrogen-bond donors (Lipinski definition) is 1. The molecule has 13 heteroatoms. The van der Waals surface area contributed by atoms with Gasteiger partial charge in [0.05, 0.1) is 6.33 Å². The molecule has 13 nitrogen and oxygen atoms in total. The van der Waals surface area contributed by atoms with Crippen molar-refractivity contribution < 1.29 is 33.3 Å². The number of rotatable bonds is 10. The number of aromatic nitrogens is 4. The lowest BCUT2D eigenvalue weighted by Gasteiger charge is -2.23. The van der Waals surface area contributed by atoms with Crippen LogP contribution in [0.3, 0.4) is 0 Å². The lowest BCUT2D eigenvalue weighted by Crippen LogP contribution is -2.40. The van der Waals surface area contributed by atoms with Gasteiger partial charge in [0.1, 0.15) is 18.8 Å². The van der Waals surface area contributed by atoms with Gasteiger partial charge in [0, 0.05) is 33.2 Å². The van der Waals surface area contributed by atoms with Gasteiger partial charge in [-0.05, 0) is 25.0 Å². The Morgan fingerprint density at radius 3 is 2.15 bits per heavy atom. The van der Waals surface area contributed by atoms with E-state index in [1.165, 1.54) is 31.7 Å². The maximum Gasteiger partial charge on any atom is 0.303 e. The van der Waals surface area contributed by atoms with Crippen LogP contribution in [0, 0.1) is 25.2 Å². The topological polar surface area (TPSA) is 168 Å². The number of nitriles is 1. The van der Waals surface area contributed by atoms with E-state index >= 15 is 0 Å². The Morgan fingerprint density at radius 2 is 1.59 bits per heavy atom. The molecule has 2 aromatic heterocycles. The minimum absolute atomic E-state index is 0.0597. The number of nitrogens with one attached hydrogen (secondary N) is 1. The molecule has 4 aromatic rings. The summed E-state index contributed by atoms with van der Waals surface area (Å²) in [6.45, 7) is 7.90. The number of ether oxygens (including phenoxy) is 4. The second kappa shape index (κ2) is 13.7.